The number of hydrogen-bond donors (Lipinski definition) is 4. The third kappa shape index (κ3) is 2.83. The molecule has 3 aromatic rings. The summed E-state index contributed by atoms with van der Waals surface area (Å²) in [5.74, 6) is -1.57. The summed E-state index contributed by atoms with van der Waals surface area (Å²) in [6, 6.07) is 4.51. The van der Waals surface area contributed by atoms with E-state index in [2.05, 4.69) is 15.5 Å². The number of aromatic nitrogens is 2. The maximum atomic E-state index is 14.4. The monoisotopic (exact) mass is 423 g/mol. The summed E-state index contributed by atoms with van der Waals surface area (Å²) in [6.45, 7) is 4.26. The Hall–Kier alpha value is -2.81. The van der Waals surface area contributed by atoms with Gasteiger partial charge in [-0.1, -0.05) is 26.0 Å². The summed E-state index contributed by atoms with van der Waals surface area (Å²) in [4.78, 5) is 0. The second-order valence-corrected chi connectivity index (χ2v) is 8.52. The Morgan fingerprint density at radius 2 is 1.97 bits per heavy atom. The van der Waals surface area contributed by atoms with Gasteiger partial charge in [-0.25, -0.2) is 4.39 Å². The normalized spacial score (nSPS) is 23.4. The molecule has 0 radical (unpaired) electrons. The van der Waals surface area contributed by atoms with Gasteiger partial charge in [-0.2, -0.15) is 18.3 Å². The van der Waals surface area contributed by atoms with E-state index in [1.54, 1.807) is 18.2 Å². The zero-order chi connectivity index (χ0) is 22.1. The van der Waals surface area contributed by atoms with E-state index < -0.39 is 41.2 Å². The van der Waals surface area contributed by atoms with Crippen molar-refractivity contribution in [2.24, 2.45) is 0 Å². The first kappa shape index (κ1) is 20.5. The molecule has 0 amide bonds. The molecular weight excluding hydrogens is 402 g/mol. The van der Waals surface area contributed by atoms with Crippen LogP contribution >= 0.6 is 0 Å². The van der Waals surface area contributed by atoms with Crippen LogP contribution in [0.2, 0.25) is 0 Å². The fourth-order valence-corrected chi connectivity index (χ4v) is 4.57. The highest BCUT2D eigenvalue weighted by Gasteiger charge is 2.64. The summed E-state index contributed by atoms with van der Waals surface area (Å²) in [7, 11) is 0. The average molecular weight is 423 g/mol. The number of phenolic OH excluding ortho intramolecular Hbond substituents is 1. The number of nitrogens with zero attached hydrogens (tertiary/aromatic N) is 1. The average Bonchev–Trinajstić information content (AvgIpc) is 3.10. The number of benzene rings is 2. The van der Waals surface area contributed by atoms with Crippen molar-refractivity contribution in [2.75, 3.05) is 5.32 Å². The lowest BCUT2D eigenvalue weighted by Gasteiger charge is -2.49. The molecule has 1 heterocycles. The number of alkyl halides is 3. The molecule has 4 rings (SSSR count). The van der Waals surface area contributed by atoms with Crippen molar-refractivity contribution in [3.63, 3.8) is 0 Å². The van der Waals surface area contributed by atoms with E-state index in [4.69, 9.17) is 0 Å². The van der Waals surface area contributed by atoms with Crippen LogP contribution in [-0.4, -0.2) is 32.2 Å². The number of phenols is 1. The Kier molecular flexibility index (Phi) is 4.33. The first-order valence-electron chi connectivity index (χ1n) is 9.37. The molecule has 0 aliphatic heterocycles. The minimum atomic E-state index is -4.98. The number of aliphatic hydroxyl groups is 1. The molecule has 0 spiro atoms. The Morgan fingerprint density at radius 3 is 2.63 bits per heavy atom. The summed E-state index contributed by atoms with van der Waals surface area (Å²) < 4.78 is 57.1. The van der Waals surface area contributed by atoms with Crippen LogP contribution in [0.3, 0.4) is 0 Å². The molecule has 30 heavy (non-hydrogen) atoms. The predicted molar refractivity (Wildman–Crippen MR) is 104 cm³/mol. The second kappa shape index (κ2) is 6.34. The largest absolute Gasteiger partial charge is 0.505 e. The highest BCUT2D eigenvalue weighted by Crippen LogP contribution is 2.57. The molecule has 0 saturated heterocycles. The molecular formula is C21H21F4N3O2. The van der Waals surface area contributed by atoms with Gasteiger partial charge >= 0.3 is 6.18 Å². The maximum absolute atomic E-state index is 14.4. The van der Waals surface area contributed by atoms with E-state index in [0.29, 0.717) is 16.6 Å². The molecule has 5 nitrogen and oxygen atoms in total. The van der Waals surface area contributed by atoms with E-state index in [-0.39, 0.29) is 16.7 Å². The molecule has 160 valence electrons. The Morgan fingerprint density at radius 1 is 1.27 bits per heavy atom. The summed E-state index contributed by atoms with van der Waals surface area (Å²) in [5, 5.41) is 31.5. The number of rotatable bonds is 2. The first-order valence-corrected chi connectivity index (χ1v) is 9.37. The van der Waals surface area contributed by atoms with Crippen LogP contribution in [0.1, 0.15) is 43.0 Å². The van der Waals surface area contributed by atoms with Crippen molar-refractivity contribution in [1.82, 2.24) is 10.2 Å². The molecule has 2 atom stereocenters. The fraction of sp³-hybridized carbons (Fsp3) is 0.381. The van der Waals surface area contributed by atoms with Crippen LogP contribution in [0.15, 0.2) is 30.5 Å². The fourth-order valence-electron chi connectivity index (χ4n) is 4.57. The summed E-state index contributed by atoms with van der Waals surface area (Å²) in [5.41, 5.74) is -3.53. The molecule has 0 fully saturated rings. The molecule has 2 aromatic carbocycles. The van der Waals surface area contributed by atoms with Gasteiger partial charge in [0.1, 0.15) is 0 Å². The third-order valence-corrected chi connectivity index (χ3v) is 5.90. The third-order valence-electron chi connectivity index (χ3n) is 5.90. The van der Waals surface area contributed by atoms with Gasteiger partial charge in [0.25, 0.3) is 0 Å². The molecule has 9 heteroatoms. The molecule has 1 aliphatic carbocycles. The van der Waals surface area contributed by atoms with Gasteiger partial charge in [-0.15, -0.1) is 0 Å². The number of aryl methyl sites for hydroxylation is 1. The number of halogens is 4. The number of H-pyrrole nitrogens is 1. The molecule has 4 N–H and O–H groups in total. The Balaban J connectivity index is 1.99. The zero-order valence-electron chi connectivity index (χ0n) is 16.5. The number of anilines is 1. The summed E-state index contributed by atoms with van der Waals surface area (Å²) in [6.07, 6.45) is -4.28. The highest BCUT2D eigenvalue weighted by molar-refractivity contribution is 5.91. The Labute approximate surface area is 169 Å². The smallest absolute Gasteiger partial charge is 0.419 e. The number of fused-ring (bicyclic) bond motifs is 2. The van der Waals surface area contributed by atoms with Crippen LogP contribution < -0.4 is 5.32 Å². The minimum absolute atomic E-state index is 0.00275. The first-order chi connectivity index (χ1) is 13.9. The standard InChI is InChI=1S/C21H21F4N3O2/c1-10-7-11-15(17(29)16(10)22)19(2,3)9-20(30,21(23,24)25)18(11)27-13-5-4-6-14-12(13)8-26-28-14/h4-8,18,27,29-30H,9H2,1-3H3,(H,26,28). The lowest BCUT2D eigenvalue weighted by Crippen LogP contribution is -2.58. The van der Waals surface area contributed by atoms with Crippen molar-refractivity contribution < 1.29 is 27.8 Å². The quantitative estimate of drug-likeness (QED) is 0.445. The van der Waals surface area contributed by atoms with Crippen LogP contribution in [0.5, 0.6) is 5.75 Å². The molecule has 1 aliphatic rings. The van der Waals surface area contributed by atoms with E-state index in [0.717, 1.165) is 0 Å². The van der Waals surface area contributed by atoms with Gasteiger partial charge in [0.15, 0.2) is 17.2 Å². The van der Waals surface area contributed by atoms with Gasteiger partial charge in [-0.3, -0.25) is 5.10 Å². The predicted octanol–water partition coefficient (Wildman–Crippen LogP) is 4.84. The van der Waals surface area contributed by atoms with Crippen molar-refractivity contribution in [2.45, 2.75) is 50.4 Å². The van der Waals surface area contributed by atoms with Crippen LogP contribution in [0.25, 0.3) is 10.9 Å². The van der Waals surface area contributed by atoms with E-state index in [1.165, 1.54) is 33.0 Å². The van der Waals surface area contributed by atoms with Crippen molar-refractivity contribution in [1.29, 1.82) is 0 Å². The number of aromatic amines is 1. The van der Waals surface area contributed by atoms with Gasteiger partial charge in [0, 0.05) is 16.6 Å². The molecule has 2 unspecified atom stereocenters. The van der Waals surface area contributed by atoms with Crippen molar-refractivity contribution in [3.8, 4) is 5.75 Å². The maximum Gasteiger partial charge on any atom is 0.419 e. The Bertz CT molecular complexity index is 1140. The van der Waals surface area contributed by atoms with Crippen molar-refractivity contribution >= 4 is 16.6 Å². The number of nitrogens with one attached hydrogen (secondary N) is 2. The SMILES string of the molecule is Cc1cc2c(c(O)c1F)C(C)(C)CC(O)(C(F)(F)F)C2Nc1cccc2[nH]ncc12. The molecule has 0 saturated carbocycles. The highest BCUT2D eigenvalue weighted by atomic mass is 19.4. The lowest BCUT2D eigenvalue weighted by atomic mass is 9.63. The topological polar surface area (TPSA) is 81.2 Å². The van der Waals surface area contributed by atoms with Gasteiger partial charge in [0.2, 0.25) is 0 Å². The molecule has 1 aromatic heterocycles. The summed E-state index contributed by atoms with van der Waals surface area (Å²) >= 11 is 0. The van der Waals surface area contributed by atoms with E-state index in [1.807, 2.05) is 0 Å². The number of hydrogen-bond acceptors (Lipinski definition) is 4. The lowest BCUT2D eigenvalue weighted by molar-refractivity contribution is -0.276. The van der Waals surface area contributed by atoms with Gasteiger partial charge in [-0.05, 0) is 42.0 Å². The van der Waals surface area contributed by atoms with Gasteiger partial charge < -0.3 is 15.5 Å². The van der Waals surface area contributed by atoms with Crippen LogP contribution in [0, 0.1) is 12.7 Å². The van der Waals surface area contributed by atoms with E-state index >= 15 is 0 Å². The zero-order valence-corrected chi connectivity index (χ0v) is 16.5. The van der Waals surface area contributed by atoms with Gasteiger partial charge in [0.05, 0.1) is 17.8 Å². The minimum Gasteiger partial charge on any atom is -0.505 e. The molecule has 0 bridgehead atoms. The number of aromatic hydroxyl groups is 1. The van der Waals surface area contributed by atoms with E-state index in [9.17, 15) is 27.8 Å². The van der Waals surface area contributed by atoms with Crippen LogP contribution in [0.4, 0.5) is 23.2 Å². The van der Waals surface area contributed by atoms with Crippen molar-refractivity contribution in [3.05, 3.63) is 53.0 Å². The van der Waals surface area contributed by atoms with Crippen LogP contribution in [-0.2, 0) is 5.41 Å². The second-order valence-electron chi connectivity index (χ2n) is 8.52.